The number of methoxy groups -OCH3 is 1. The summed E-state index contributed by atoms with van der Waals surface area (Å²) in [6.45, 7) is 4.43. The van der Waals surface area contributed by atoms with Crippen LogP contribution in [-0.2, 0) is 0 Å². The second kappa shape index (κ2) is 9.15. The number of anilines is 1. The number of ether oxygens (including phenoxy) is 3. The summed E-state index contributed by atoms with van der Waals surface area (Å²) in [6.07, 6.45) is 2.32. The fraction of sp³-hybridized carbons (Fsp3) is 0.417. The topological polar surface area (TPSA) is 43.0 Å². The smallest absolute Gasteiger partial charge is 0.172 e. The van der Waals surface area contributed by atoms with Gasteiger partial charge >= 0.3 is 0 Å². The molecule has 2 aliphatic heterocycles. The highest BCUT2D eigenvalue weighted by Crippen LogP contribution is 2.44. The van der Waals surface area contributed by atoms with Gasteiger partial charge in [0.05, 0.1) is 23.2 Å². The maximum absolute atomic E-state index is 6.39. The molecule has 5 nitrogen and oxygen atoms in total. The van der Waals surface area contributed by atoms with Gasteiger partial charge in [0.2, 0.25) is 0 Å². The summed E-state index contributed by atoms with van der Waals surface area (Å²) in [5.41, 5.74) is 1.20. The first kappa shape index (κ1) is 20.7. The zero-order valence-electron chi connectivity index (χ0n) is 17.6. The molecule has 2 aliphatic rings. The quantitative estimate of drug-likeness (QED) is 0.549. The first-order valence-corrected chi connectivity index (χ1v) is 12.1. The van der Waals surface area contributed by atoms with Crippen molar-refractivity contribution in [2.45, 2.75) is 18.9 Å². The molecule has 5 rings (SSSR count). The second-order valence-electron chi connectivity index (χ2n) is 8.16. The lowest BCUT2D eigenvalue weighted by Crippen LogP contribution is -2.42. The third kappa shape index (κ3) is 4.29. The summed E-state index contributed by atoms with van der Waals surface area (Å²) in [4.78, 5) is 2.43. The van der Waals surface area contributed by atoms with Crippen LogP contribution in [0.4, 0.5) is 5.69 Å². The number of rotatable bonds is 6. The molecule has 1 aromatic heterocycles. The third-order valence-electron chi connectivity index (χ3n) is 6.17. The molecule has 31 heavy (non-hydrogen) atoms. The molecule has 1 atom stereocenters. The summed E-state index contributed by atoms with van der Waals surface area (Å²) >= 11 is 8.02. The van der Waals surface area contributed by atoms with Crippen molar-refractivity contribution in [1.82, 2.24) is 5.32 Å². The van der Waals surface area contributed by atoms with Crippen molar-refractivity contribution in [2.75, 3.05) is 44.8 Å². The molecule has 3 heterocycles. The zero-order chi connectivity index (χ0) is 21.2. The Morgan fingerprint density at radius 2 is 2.00 bits per heavy atom. The van der Waals surface area contributed by atoms with Crippen LogP contribution in [0, 0.1) is 5.92 Å². The van der Waals surface area contributed by atoms with Gasteiger partial charge in [-0.05, 0) is 49.6 Å². The van der Waals surface area contributed by atoms with E-state index in [2.05, 4.69) is 22.3 Å². The minimum Gasteiger partial charge on any atom is -0.495 e. The Hall–Kier alpha value is -2.15. The van der Waals surface area contributed by atoms with Crippen molar-refractivity contribution in [1.29, 1.82) is 0 Å². The van der Waals surface area contributed by atoms with Gasteiger partial charge in [-0.1, -0.05) is 23.7 Å². The van der Waals surface area contributed by atoms with Crippen LogP contribution in [0.15, 0.2) is 41.8 Å². The highest BCUT2D eigenvalue weighted by molar-refractivity contribution is 7.18. The molecular weight excluding hydrogens is 432 g/mol. The standard InChI is InChI=1S/C24H27ClN2O3S/c1-28-20-5-3-2-4-19(20)27-10-8-16(9-11-27)12-26-13-17-14-29-21-6-7-22-23(24(21)30-17)18(25)15-31-22/h2-7,15-17,26H,8-14H2,1H3/t17-/m1/s1. The highest BCUT2D eigenvalue weighted by Gasteiger charge is 2.26. The van der Waals surface area contributed by atoms with Gasteiger partial charge in [-0.25, -0.2) is 0 Å². The van der Waals surface area contributed by atoms with Gasteiger partial charge in [-0.3, -0.25) is 0 Å². The Labute approximate surface area is 191 Å². The average Bonchev–Trinajstić information content (AvgIpc) is 3.21. The number of piperidine rings is 1. The van der Waals surface area contributed by atoms with Crippen molar-refractivity contribution in [2.24, 2.45) is 5.92 Å². The molecule has 0 unspecified atom stereocenters. The van der Waals surface area contributed by atoms with E-state index in [-0.39, 0.29) is 6.10 Å². The van der Waals surface area contributed by atoms with E-state index >= 15 is 0 Å². The van der Waals surface area contributed by atoms with E-state index in [1.807, 2.05) is 29.6 Å². The number of nitrogens with zero attached hydrogens (tertiary/aromatic N) is 1. The maximum atomic E-state index is 6.39. The second-order valence-corrected chi connectivity index (χ2v) is 9.48. The van der Waals surface area contributed by atoms with Crippen LogP contribution in [0.25, 0.3) is 10.1 Å². The fourth-order valence-electron chi connectivity index (χ4n) is 4.48. The Morgan fingerprint density at radius 1 is 1.16 bits per heavy atom. The summed E-state index contributed by atoms with van der Waals surface area (Å²) in [5, 5.41) is 7.27. The number of thiophene rings is 1. The van der Waals surface area contributed by atoms with E-state index in [4.69, 9.17) is 25.8 Å². The molecule has 7 heteroatoms. The number of fused-ring (bicyclic) bond motifs is 3. The maximum Gasteiger partial charge on any atom is 0.172 e. The van der Waals surface area contributed by atoms with E-state index in [1.54, 1.807) is 18.4 Å². The predicted molar refractivity (Wildman–Crippen MR) is 128 cm³/mol. The van der Waals surface area contributed by atoms with Gasteiger partial charge in [-0.2, -0.15) is 0 Å². The monoisotopic (exact) mass is 458 g/mol. The molecule has 0 saturated carbocycles. The predicted octanol–water partition coefficient (Wildman–Crippen LogP) is 5.21. The zero-order valence-corrected chi connectivity index (χ0v) is 19.2. The number of benzene rings is 2. The number of nitrogens with one attached hydrogen (secondary N) is 1. The number of hydrogen-bond acceptors (Lipinski definition) is 6. The van der Waals surface area contributed by atoms with Crippen LogP contribution in [0.2, 0.25) is 5.02 Å². The van der Waals surface area contributed by atoms with E-state index in [1.165, 1.54) is 18.5 Å². The van der Waals surface area contributed by atoms with Crippen molar-refractivity contribution in [3.05, 3.63) is 46.8 Å². The lowest BCUT2D eigenvalue weighted by atomic mass is 9.96. The van der Waals surface area contributed by atoms with Crippen molar-refractivity contribution in [3.63, 3.8) is 0 Å². The van der Waals surface area contributed by atoms with Crippen molar-refractivity contribution >= 4 is 38.7 Å². The van der Waals surface area contributed by atoms with Gasteiger partial charge < -0.3 is 24.4 Å². The number of halogens is 1. The third-order valence-corrected chi connectivity index (χ3v) is 7.54. The minimum absolute atomic E-state index is 0.0114. The first-order valence-electron chi connectivity index (χ1n) is 10.8. The minimum atomic E-state index is -0.0114. The lowest BCUT2D eigenvalue weighted by Gasteiger charge is -2.34. The SMILES string of the molecule is COc1ccccc1N1CCC(CNC[C@@H]2COc3ccc4scc(Cl)c4c3O2)CC1. The number of hydrogen-bond donors (Lipinski definition) is 1. The van der Waals surface area contributed by atoms with Gasteiger partial charge in [0, 0.05) is 29.7 Å². The van der Waals surface area contributed by atoms with Crippen molar-refractivity contribution < 1.29 is 14.2 Å². The molecular formula is C24H27ClN2O3S. The Balaban J connectivity index is 1.12. The summed E-state index contributed by atoms with van der Waals surface area (Å²) in [5.74, 6) is 3.19. The molecule has 164 valence electrons. The average molecular weight is 459 g/mol. The Morgan fingerprint density at radius 3 is 2.84 bits per heavy atom. The van der Waals surface area contributed by atoms with Gasteiger partial charge in [-0.15, -0.1) is 11.3 Å². The molecule has 0 radical (unpaired) electrons. The fourth-order valence-corrected chi connectivity index (χ4v) is 5.67. The van der Waals surface area contributed by atoms with Crippen LogP contribution < -0.4 is 24.4 Å². The van der Waals surface area contributed by atoms with Crippen LogP contribution in [-0.4, -0.2) is 46.0 Å². The first-order chi connectivity index (χ1) is 15.2. The molecule has 2 aromatic carbocycles. The molecule has 0 spiro atoms. The highest BCUT2D eigenvalue weighted by atomic mass is 35.5. The van der Waals surface area contributed by atoms with Gasteiger partial charge in [0.25, 0.3) is 0 Å². The van der Waals surface area contributed by atoms with E-state index in [9.17, 15) is 0 Å². The largest absolute Gasteiger partial charge is 0.495 e. The van der Waals surface area contributed by atoms with Crippen molar-refractivity contribution in [3.8, 4) is 17.2 Å². The molecule has 0 amide bonds. The number of para-hydroxylation sites is 2. The summed E-state index contributed by atoms with van der Waals surface area (Å²) in [7, 11) is 1.74. The Bertz CT molecular complexity index is 1050. The van der Waals surface area contributed by atoms with Gasteiger partial charge in [0.15, 0.2) is 11.5 Å². The molecule has 0 aliphatic carbocycles. The molecule has 1 saturated heterocycles. The van der Waals surface area contributed by atoms with E-state index in [0.29, 0.717) is 12.5 Å². The normalized spacial score (nSPS) is 19.0. The van der Waals surface area contributed by atoms with Crippen LogP contribution in [0.3, 0.4) is 0 Å². The van der Waals surface area contributed by atoms with Crippen LogP contribution in [0.5, 0.6) is 17.2 Å². The summed E-state index contributed by atoms with van der Waals surface area (Å²) < 4.78 is 18.9. The Kier molecular flexibility index (Phi) is 6.12. The molecule has 3 aromatic rings. The lowest BCUT2D eigenvalue weighted by molar-refractivity contribution is 0.0914. The molecule has 0 bridgehead atoms. The molecule has 1 N–H and O–H groups in total. The summed E-state index contributed by atoms with van der Waals surface area (Å²) in [6, 6.07) is 12.3. The molecule has 1 fully saturated rings. The van der Waals surface area contributed by atoms with E-state index < -0.39 is 0 Å². The van der Waals surface area contributed by atoms with E-state index in [0.717, 1.165) is 58.5 Å². The van der Waals surface area contributed by atoms with Crippen LogP contribution >= 0.6 is 22.9 Å². The van der Waals surface area contributed by atoms with Gasteiger partial charge in [0.1, 0.15) is 18.5 Å². The van der Waals surface area contributed by atoms with Crippen LogP contribution in [0.1, 0.15) is 12.8 Å².